The van der Waals surface area contributed by atoms with Crippen LogP contribution in [0.1, 0.15) is 48.2 Å². The highest BCUT2D eigenvalue weighted by molar-refractivity contribution is 5.97. The molecule has 1 heterocycles. The molecule has 1 saturated heterocycles. The maximum atomic E-state index is 13.0. The number of carbonyl (C=O) groups excluding carboxylic acids is 2. The highest BCUT2D eigenvalue weighted by Gasteiger charge is 2.23. The van der Waals surface area contributed by atoms with Gasteiger partial charge in [-0.2, -0.15) is 5.26 Å². The second-order valence-electron chi connectivity index (χ2n) is 7.03. The molecule has 5 heteroatoms. The average molecular weight is 361 g/mol. The van der Waals surface area contributed by atoms with Crippen LogP contribution in [0.4, 0.5) is 5.69 Å². The molecule has 0 N–H and O–H groups in total. The summed E-state index contributed by atoms with van der Waals surface area (Å²) in [7, 11) is 0. The molecule has 1 aliphatic rings. The summed E-state index contributed by atoms with van der Waals surface area (Å²) in [5, 5.41) is 8.91. The van der Waals surface area contributed by atoms with Gasteiger partial charge in [-0.1, -0.05) is 12.1 Å². The average Bonchev–Trinajstić information content (AvgIpc) is 3.12. The van der Waals surface area contributed by atoms with Crippen LogP contribution in [0.25, 0.3) is 0 Å². The van der Waals surface area contributed by atoms with Crippen LogP contribution in [0.3, 0.4) is 0 Å². The van der Waals surface area contributed by atoms with Crippen molar-refractivity contribution in [1.82, 2.24) is 4.90 Å². The lowest BCUT2D eigenvalue weighted by atomic mass is 10.1. The summed E-state index contributed by atoms with van der Waals surface area (Å²) in [6.45, 7) is 5.19. The molecule has 3 rings (SSSR count). The van der Waals surface area contributed by atoms with Crippen molar-refractivity contribution >= 4 is 17.5 Å². The van der Waals surface area contributed by atoms with Crippen molar-refractivity contribution in [3.8, 4) is 6.07 Å². The van der Waals surface area contributed by atoms with E-state index in [0.717, 1.165) is 24.2 Å². The molecule has 1 aliphatic heterocycles. The minimum atomic E-state index is -0.0475. The van der Waals surface area contributed by atoms with E-state index < -0.39 is 0 Å². The molecular weight excluding hydrogens is 338 g/mol. The molecule has 0 unspecified atom stereocenters. The minimum Gasteiger partial charge on any atom is -0.332 e. The SMILES string of the molecule is CC(C)N(Cc1ccc(C#N)cc1)C(=O)c1ccc(N2CCCC2=O)cc1. The largest absolute Gasteiger partial charge is 0.332 e. The zero-order valence-electron chi connectivity index (χ0n) is 15.7. The lowest BCUT2D eigenvalue weighted by Crippen LogP contribution is -2.36. The number of nitriles is 1. The van der Waals surface area contributed by atoms with E-state index in [2.05, 4.69) is 6.07 Å². The number of nitrogens with zero attached hydrogens (tertiary/aromatic N) is 3. The first-order chi connectivity index (χ1) is 13.0. The number of benzene rings is 2. The Kier molecular flexibility index (Phi) is 5.56. The first-order valence-electron chi connectivity index (χ1n) is 9.20. The van der Waals surface area contributed by atoms with E-state index in [1.54, 1.807) is 34.1 Å². The Labute approximate surface area is 159 Å². The van der Waals surface area contributed by atoms with Crippen molar-refractivity contribution in [3.63, 3.8) is 0 Å². The lowest BCUT2D eigenvalue weighted by molar-refractivity contribution is -0.117. The van der Waals surface area contributed by atoms with Gasteiger partial charge in [-0.3, -0.25) is 9.59 Å². The van der Waals surface area contributed by atoms with E-state index in [1.165, 1.54) is 0 Å². The monoisotopic (exact) mass is 361 g/mol. The lowest BCUT2D eigenvalue weighted by Gasteiger charge is -2.27. The van der Waals surface area contributed by atoms with Gasteiger partial charge in [-0.05, 0) is 62.2 Å². The Morgan fingerprint density at radius 3 is 2.33 bits per heavy atom. The zero-order valence-corrected chi connectivity index (χ0v) is 15.7. The molecule has 2 aromatic rings. The molecule has 2 aromatic carbocycles. The molecule has 1 fully saturated rings. The quantitative estimate of drug-likeness (QED) is 0.815. The van der Waals surface area contributed by atoms with Crippen molar-refractivity contribution in [2.75, 3.05) is 11.4 Å². The maximum Gasteiger partial charge on any atom is 0.254 e. The van der Waals surface area contributed by atoms with Gasteiger partial charge in [0.15, 0.2) is 0 Å². The van der Waals surface area contributed by atoms with E-state index in [4.69, 9.17) is 5.26 Å². The summed E-state index contributed by atoms with van der Waals surface area (Å²) in [5.74, 6) is 0.0901. The third kappa shape index (κ3) is 4.17. The van der Waals surface area contributed by atoms with Crippen LogP contribution in [-0.4, -0.2) is 29.3 Å². The fraction of sp³-hybridized carbons (Fsp3) is 0.318. The second-order valence-corrected chi connectivity index (χ2v) is 7.03. The molecule has 2 amide bonds. The van der Waals surface area contributed by atoms with Crippen LogP contribution in [-0.2, 0) is 11.3 Å². The van der Waals surface area contributed by atoms with Crippen molar-refractivity contribution in [1.29, 1.82) is 5.26 Å². The fourth-order valence-corrected chi connectivity index (χ4v) is 3.24. The maximum absolute atomic E-state index is 13.0. The molecule has 0 aliphatic carbocycles. The second kappa shape index (κ2) is 8.05. The highest BCUT2D eigenvalue weighted by Crippen LogP contribution is 2.22. The van der Waals surface area contributed by atoms with Crippen LogP contribution >= 0.6 is 0 Å². The predicted octanol–water partition coefficient (Wildman–Crippen LogP) is 3.74. The van der Waals surface area contributed by atoms with E-state index in [0.29, 0.717) is 24.1 Å². The summed E-state index contributed by atoms with van der Waals surface area (Å²) in [4.78, 5) is 28.4. The summed E-state index contributed by atoms with van der Waals surface area (Å²) in [5.41, 5.74) is 3.04. The van der Waals surface area contributed by atoms with Gasteiger partial charge in [0, 0.05) is 36.8 Å². The number of hydrogen-bond donors (Lipinski definition) is 0. The van der Waals surface area contributed by atoms with E-state index in [9.17, 15) is 9.59 Å². The predicted molar refractivity (Wildman–Crippen MR) is 104 cm³/mol. The van der Waals surface area contributed by atoms with Gasteiger partial charge in [-0.15, -0.1) is 0 Å². The van der Waals surface area contributed by atoms with Crippen LogP contribution in [0.2, 0.25) is 0 Å². The topological polar surface area (TPSA) is 64.4 Å². The normalized spacial score (nSPS) is 13.7. The van der Waals surface area contributed by atoms with Crippen LogP contribution in [0.5, 0.6) is 0 Å². The van der Waals surface area contributed by atoms with Gasteiger partial charge in [0.25, 0.3) is 5.91 Å². The summed E-state index contributed by atoms with van der Waals surface area (Å²) < 4.78 is 0. The molecule has 138 valence electrons. The molecule has 5 nitrogen and oxygen atoms in total. The van der Waals surface area contributed by atoms with Crippen molar-refractivity contribution in [3.05, 3.63) is 65.2 Å². The standard InChI is InChI=1S/C22H23N3O2/c1-16(2)25(15-18-7-5-17(14-23)6-8-18)22(27)19-9-11-20(12-10-19)24-13-3-4-21(24)26/h5-12,16H,3-4,13,15H2,1-2H3. The number of hydrogen-bond acceptors (Lipinski definition) is 3. The smallest absolute Gasteiger partial charge is 0.254 e. The van der Waals surface area contributed by atoms with E-state index in [1.807, 2.05) is 38.1 Å². The highest BCUT2D eigenvalue weighted by atomic mass is 16.2. The molecular formula is C22H23N3O2. The Balaban J connectivity index is 1.76. The third-order valence-corrected chi connectivity index (χ3v) is 4.82. The summed E-state index contributed by atoms with van der Waals surface area (Å²) in [6.07, 6.45) is 1.47. The zero-order chi connectivity index (χ0) is 19.4. The molecule has 0 radical (unpaired) electrons. The summed E-state index contributed by atoms with van der Waals surface area (Å²) in [6, 6.07) is 16.7. The Morgan fingerprint density at radius 1 is 1.15 bits per heavy atom. The number of anilines is 1. The Bertz CT molecular complexity index is 864. The van der Waals surface area contributed by atoms with Crippen molar-refractivity contribution < 1.29 is 9.59 Å². The third-order valence-electron chi connectivity index (χ3n) is 4.82. The number of amides is 2. The van der Waals surface area contributed by atoms with Gasteiger partial charge >= 0.3 is 0 Å². The molecule has 0 saturated carbocycles. The van der Waals surface area contributed by atoms with Crippen molar-refractivity contribution in [2.24, 2.45) is 0 Å². The summed E-state index contributed by atoms with van der Waals surface area (Å²) >= 11 is 0. The molecule has 27 heavy (non-hydrogen) atoms. The van der Waals surface area contributed by atoms with Gasteiger partial charge in [0.05, 0.1) is 11.6 Å². The van der Waals surface area contributed by atoms with Gasteiger partial charge < -0.3 is 9.80 Å². The molecule has 0 spiro atoms. The van der Waals surface area contributed by atoms with Crippen LogP contribution < -0.4 is 4.90 Å². The van der Waals surface area contributed by atoms with Crippen molar-refractivity contribution in [2.45, 2.75) is 39.3 Å². The Morgan fingerprint density at radius 2 is 1.81 bits per heavy atom. The van der Waals surface area contributed by atoms with Crippen LogP contribution in [0.15, 0.2) is 48.5 Å². The fourth-order valence-electron chi connectivity index (χ4n) is 3.24. The number of carbonyl (C=O) groups is 2. The first kappa shape index (κ1) is 18.7. The molecule has 0 bridgehead atoms. The Hall–Kier alpha value is -3.13. The van der Waals surface area contributed by atoms with Crippen LogP contribution in [0, 0.1) is 11.3 Å². The molecule has 0 aromatic heterocycles. The van der Waals surface area contributed by atoms with Gasteiger partial charge in [0.2, 0.25) is 5.91 Å². The number of rotatable bonds is 5. The van der Waals surface area contributed by atoms with Gasteiger partial charge in [0.1, 0.15) is 0 Å². The molecule has 0 atom stereocenters. The van der Waals surface area contributed by atoms with Gasteiger partial charge in [-0.25, -0.2) is 0 Å². The van der Waals surface area contributed by atoms with E-state index in [-0.39, 0.29) is 17.9 Å². The minimum absolute atomic E-state index is 0.0352. The first-order valence-corrected chi connectivity index (χ1v) is 9.20. The van der Waals surface area contributed by atoms with E-state index >= 15 is 0 Å².